The molecule has 0 atom stereocenters. The van der Waals surface area contributed by atoms with Crippen LogP contribution in [-0.4, -0.2) is 16.2 Å². The van der Waals surface area contributed by atoms with Gasteiger partial charge in [-0.1, -0.05) is 54.6 Å². The molecule has 0 aliphatic carbocycles. The summed E-state index contributed by atoms with van der Waals surface area (Å²) in [5.41, 5.74) is 4.93. The van der Waals surface area contributed by atoms with Gasteiger partial charge in [-0.3, -0.25) is 4.99 Å². The minimum atomic E-state index is 0.821. The first-order chi connectivity index (χ1) is 12.8. The van der Waals surface area contributed by atoms with Crippen LogP contribution in [0, 0.1) is 0 Å². The Bertz CT molecular complexity index is 1060. The molecule has 26 heavy (non-hydrogen) atoms. The third-order valence-corrected chi connectivity index (χ3v) is 4.41. The number of aromatic nitrogens is 2. The van der Waals surface area contributed by atoms with E-state index in [0.717, 1.165) is 38.2 Å². The van der Waals surface area contributed by atoms with E-state index in [-0.39, 0.29) is 0 Å². The molecule has 1 aromatic heterocycles. The third-order valence-electron chi connectivity index (χ3n) is 3.98. The van der Waals surface area contributed by atoms with Crippen molar-refractivity contribution in [2.75, 3.05) is 0 Å². The van der Waals surface area contributed by atoms with Gasteiger partial charge in [-0.05, 0) is 51.8 Å². The number of hydrogen-bond acceptors (Lipinski definition) is 2. The summed E-state index contributed by atoms with van der Waals surface area (Å²) >= 11 is 3.57. The quantitative estimate of drug-likeness (QED) is 0.396. The number of para-hydroxylation sites is 3. The molecule has 1 N–H and O–H groups in total. The monoisotopic (exact) mass is 401 g/mol. The van der Waals surface area contributed by atoms with Crippen molar-refractivity contribution < 1.29 is 0 Å². The van der Waals surface area contributed by atoms with E-state index in [1.54, 1.807) is 0 Å². The Labute approximate surface area is 160 Å². The van der Waals surface area contributed by atoms with Crippen LogP contribution in [0.15, 0.2) is 88.3 Å². The second-order valence-corrected chi connectivity index (χ2v) is 6.73. The maximum atomic E-state index is 4.68. The van der Waals surface area contributed by atoms with Crippen molar-refractivity contribution in [3.05, 3.63) is 88.9 Å². The molecule has 3 aromatic carbocycles. The number of H-pyrrole nitrogens is 1. The minimum absolute atomic E-state index is 0.821. The van der Waals surface area contributed by atoms with Crippen molar-refractivity contribution in [1.29, 1.82) is 0 Å². The molecule has 0 fully saturated rings. The molecule has 1 heterocycles. The van der Waals surface area contributed by atoms with E-state index < -0.39 is 0 Å². The number of nitrogens with one attached hydrogen (secondary N) is 1. The number of nitrogens with zero attached hydrogens (tertiary/aromatic N) is 2. The van der Waals surface area contributed by atoms with Gasteiger partial charge < -0.3 is 4.98 Å². The van der Waals surface area contributed by atoms with Crippen LogP contribution in [-0.2, 0) is 0 Å². The number of halogens is 1. The maximum absolute atomic E-state index is 4.68. The van der Waals surface area contributed by atoms with Crippen LogP contribution >= 0.6 is 15.9 Å². The first-order valence-corrected chi connectivity index (χ1v) is 9.09. The summed E-state index contributed by atoms with van der Waals surface area (Å²) in [6.07, 6.45) is 3.85. The Morgan fingerprint density at radius 1 is 0.885 bits per heavy atom. The standard InChI is InChI=1S/C22H16BrN3/c23-17(14-16-8-2-1-3-9-16)15-24-19-11-5-4-10-18(19)22-25-20-12-6-7-13-21(20)26-22/h1-15H,(H,25,26)/b17-14-,24-15?. The summed E-state index contributed by atoms with van der Waals surface area (Å²) in [6, 6.07) is 26.1. The highest BCUT2D eigenvalue weighted by Gasteiger charge is 2.08. The molecule has 126 valence electrons. The van der Waals surface area contributed by atoms with E-state index in [0.29, 0.717) is 0 Å². The van der Waals surface area contributed by atoms with Crippen LogP contribution in [0.25, 0.3) is 28.5 Å². The van der Waals surface area contributed by atoms with Gasteiger partial charge in [0.25, 0.3) is 0 Å². The number of imidazole rings is 1. The number of aliphatic imine (C=N–C) groups is 1. The largest absolute Gasteiger partial charge is 0.338 e. The van der Waals surface area contributed by atoms with Crippen LogP contribution in [0.5, 0.6) is 0 Å². The fourth-order valence-electron chi connectivity index (χ4n) is 2.74. The molecule has 0 unspecified atom stereocenters. The minimum Gasteiger partial charge on any atom is -0.338 e. The predicted molar refractivity (Wildman–Crippen MR) is 113 cm³/mol. The van der Waals surface area contributed by atoms with Gasteiger partial charge in [-0.2, -0.15) is 0 Å². The molecule has 3 nitrogen and oxygen atoms in total. The maximum Gasteiger partial charge on any atom is 0.140 e. The van der Waals surface area contributed by atoms with Gasteiger partial charge in [0.1, 0.15) is 5.82 Å². The highest BCUT2D eigenvalue weighted by molar-refractivity contribution is 9.12. The Morgan fingerprint density at radius 2 is 1.62 bits per heavy atom. The number of hydrogen-bond donors (Lipinski definition) is 1. The van der Waals surface area contributed by atoms with E-state index >= 15 is 0 Å². The molecule has 0 radical (unpaired) electrons. The molecule has 4 heteroatoms. The average Bonchev–Trinajstić information content (AvgIpc) is 3.11. The van der Waals surface area contributed by atoms with E-state index in [2.05, 4.69) is 43.0 Å². The van der Waals surface area contributed by atoms with E-state index in [4.69, 9.17) is 0 Å². The zero-order chi connectivity index (χ0) is 17.8. The molecule has 0 spiro atoms. The van der Waals surface area contributed by atoms with Gasteiger partial charge in [0.15, 0.2) is 0 Å². The Morgan fingerprint density at radius 3 is 2.46 bits per heavy atom. The molecular weight excluding hydrogens is 386 g/mol. The van der Waals surface area contributed by atoms with Gasteiger partial charge in [0, 0.05) is 16.3 Å². The highest BCUT2D eigenvalue weighted by atomic mass is 79.9. The predicted octanol–water partition coefficient (Wildman–Crippen LogP) is 6.37. The Hall–Kier alpha value is -2.98. The summed E-state index contributed by atoms with van der Waals surface area (Å²) in [7, 11) is 0. The van der Waals surface area contributed by atoms with Crippen LogP contribution in [0.1, 0.15) is 5.56 Å². The van der Waals surface area contributed by atoms with Gasteiger partial charge in [-0.15, -0.1) is 0 Å². The number of rotatable bonds is 4. The van der Waals surface area contributed by atoms with Crippen molar-refractivity contribution in [2.45, 2.75) is 0 Å². The molecule has 0 bridgehead atoms. The van der Waals surface area contributed by atoms with Crippen molar-refractivity contribution in [3.63, 3.8) is 0 Å². The normalized spacial score (nSPS) is 12.1. The Balaban J connectivity index is 1.66. The first-order valence-electron chi connectivity index (χ1n) is 8.30. The average molecular weight is 402 g/mol. The zero-order valence-electron chi connectivity index (χ0n) is 13.9. The van der Waals surface area contributed by atoms with Gasteiger partial charge in [0.05, 0.1) is 16.7 Å². The lowest BCUT2D eigenvalue weighted by Crippen LogP contribution is -1.82. The second kappa shape index (κ2) is 7.50. The molecule has 4 rings (SSSR count). The van der Waals surface area contributed by atoms with Crippen LogP contribution in [0.4, 0.5) is 5.69 Å². The van der Waals surface area contributed by atoms with Crippen molar-refractivity contribution in [1.82, 2.24) is 9.97 Å². The highest BCUT2D eigenvalue weighted by Crippen LogP contribution is 2.29. The lowest BCUT2D eigenvalue weighted by Gasteiger charge is -2.02. The fraction of sp³-hybridized carbons (Fsp3) is 0. The van der Waals surface area contributed by atoms with Gasteiger partial charge in [0.2, 0.25) is 0 Å². The molecule has 4 aromatic rings. The zero-order valence-corrected chi connectivity index (χ0v) is 15.5. The Kier molecular flexibility index (Phi) is 4.75. The first kappa shape index (κ1) is 16.5. The smallest absolute Gasteiger partial charge is 0.140 e. The second-order valence-electron chi connectivity index (χ2n) is 5.82. The number of benzene rings is 3. The van der Waals surface area contributed by atoms with Crippen LogP contribution in [0.2, 0.25) is 0 Å². The fourth-order valence-corrected chi connectivity index (χ4v) is 3.11. The lowest BCUT2D eigenvalue weighted by atomic mass is 10.1. The molecule has 0 saturated carbocycles. The van der Waals surface area contributed by atoms with Crippen LogP contribution < -0.4 is 0 Å². The lowest BCUT2D eigenvalue weighted by molar-refractivity contribution is 1.33. The summed E-state index contributed by atoms with van der Waals surface area (Å²) in [6.45, 7) is 0. The van der Waals surface area contributed by atoms with Crippen molar-refractivity contribution in [2.24, 2.45) is 4.99 Å². The molecule has 0 saturated heterocycles. The van der Waals surface area contributed by atoms with Gasteiger partial charge >= 0.3 is 0 Å². The SMILES string of the molecule is Br/C(C=Nc1ccccc1-c1nc2ccccc2[nH]1)=C\c1ccccc1. The number of fused-ring (bicyclic) bond motifs is 1. The van der Waals surface area contributed by atoms with E-state index in [1.807, 2.05) is 79.0 Å². The molecule has 0 aliphatic heterocycles. The van der Waals surface area contributed by atoms with Crippen molar-refractivity contribution in [3.8, 4) is 11.4 Å². The number of aromatic amines is 1. The topological polar surface area (TPSA) is 41.0 Å². The molecule has 0 aliphatic rings. The summed E-state index contributed by atoms with van der Waals surface area (Å²) < 4.78 is 0.906. The van der Waals surface area contributed by atoms with Crippen LogP contribution in [0.3, 0.4) is 0 Å². The van der Waals surface area contributed by atoms with Crippen molar-refractivity contribution >= 4 is 44.9 Å². The molecular formula is C22H16BrN3. The number of allylic oxidation sites excluding steroid dienone is 1. The third kappa shape index (κ3) is 3.65. The summed E-state index contributed by atoms with van der Waals surface area (Å²) in [5, 5.41) is 0. The summed E-state index contributed by atoms with van der Waals surface area (Å²) in [4.78, 5) is 12.7. The van der Waals surface area contributed by atoms with E-state index in [9.17, 15) is 0 Å². The van der Waals surface area contributed by atoms with E-state index in [1.165, 1.54) is 0 Å². The summed E-state index contributed by atoms with van der Waals surface area (Å²) in [5.74, 6) is 0.821. The molecule has 0 amide bonds. The van der Waals surface area contributed by atoms with Gasteiger partial charge in [-0.25, -0.2) is 4.98 Å².